The van der Waals surface area contributed by atoms with Gasteiger partial charge in [-0.05, 0) is 132 Å². The van der Waals surface area contributed by atoms with Crippen LogP contribution in [0.25, 0.3) is 5.53 Å². The van der Waals surface area contributed by atoms with Gasteiger partial charge in [-0.15, -0.1) is 0 Å². The number of carbonyl (C=O) groups is 11. The Labute approximate surface area is 685 Å². The van der Waals surface area contributed by atoms with Crippen LogP contribution in [-0.4, -0.2) is 177 Å². The van der Waals surface area contributed by atoms with Gasteiger partial charge >= 0.3 is 74.1 Å². The number of hydrogen-bond donors (Lipinski definition) is 1. The Morgan fingerprint density at radius 3 is 0.982 bits per heavy atom. The molecule has 10 aliphatic carbocycles. The molecule has 3 aliphatic heterocycles. The zero-order valence-electron chi connectivity index (χ0n) is 64.6. The maximum Gasteiger partial charge on any atom is 1.00 e. The van der Waals surface area contributed by atoms with Gasteiger partial charge in [0.2, 0.25) is 17.6 Å². The van der Waals surface area contributed by atoms with E-state index in [0.717, 1.165) is 116 Å². The Morgan fingerprint density at radius 2 is 0.752 bits per heavy atom. The van der Waals surface area contributed by atoms with Crippen molar-refractivity contribution < 1.29 is 196 Å². The predicted molar refractivity (Wildman–Crippen MR) is 383 cm³/mol. The minimum atomic E-state index is -2.54. The van der Waals surface area contributed by atoms with Gasteiger partial charge in [0.1, 0.15) is 11.6 Å². The number of carboxylic acid groups (broad SMARTS) is 1. The van der Waals surface area contributed by atoms with E-state index in [2.05, 4.69) is 41.6 Å². The molecule has 0 amide bonds. The van der Waals surface area contributed by atoms with Crippen LogP contribution in [-0.2, 0) is 156 Å². The molecule has 3 heterocycles. The predicted octanol–water partition coefficient (Wildman–Crippen LogP) is 9.80. The molecule has 36 heteroatoms. The zero-order valence-corrected chi connectivity index (χ0v) is 69.8. The van der Waals surface area contributed by atoms with Gasteiger partial charge in [-0.1, -0.05) is 19.6 Å². The number of halogens is 4. The molecule has 622 valence electrons. The van der Waals surface area contributed by atoms with E-state index in [1.807, 2.05) is 13.8 Å². The fourth-order valence-corrected chi connectivity index (χ4v) is 14.8. The van der Waals surface area contributed by atoms with Crippen LogP contribution in [0.2, 0.25) is 0 Å². The van der Waals surface area contributed by atoms with Gasteiger partial charge in [-0.3, -0.25) is 52.7 Å². The van der Waals surface area contributed by atoms with Crippen LogP contribution in [0.4, 0.5) is 17.6 Å². The Bertz CT molecular complexity index is 2970. The standard InChI is InChI=1S/C13H20O4.C11H16F2O2.C11H16O3.C9H12F2O2.C9H14O2.C8H12O3.2C4H6O3.C3H4N2O.CH4.Li.H2O.H2P2S.2Rh/c1-2-15-11(14)10-9-12(10)3-5-13(6-4-12)16-7-8-17-13;1-2-15-9(14)8-7-10(8)3-5-11(12,13)6-4-10;1-2-14-10(13)9-7-11(9)5-3-8(12)4-6-11;10-9(11)3-1-8(2-4-9)5-6(8)7(12)13;1-8-2-4-9(5-3-8)10-6-7-11-9;9-7-1-3-8(4-2-7)10-5-6-11-8;2*1-3(5)7-4(2)6;1-3(6)2-5-4;;;;1-2-3;;/h10H,2-9H2,1H3;8H,2-7H2,1H3;9H,2-7H2,1H3;6H,1-5H2,(H,12,13);1-7H2;1-6H2;2*1-2H3;2H,1H3;1H4;;1H2;1H2;;/q;;;;;;;;;;+1;;;;/i/hT. The van der Waals surface area contributed by atoms with E-state index in [-0.39, 0.29) is 183 Å². The van der Waals surface area contributed by atoms with E-state index in [4.69, 9.17) is 54.5 Å². The number of nitrogens with zero attached hydrogens (tertiary/aromatic N) is 2. The molecule has 13 fully saturated rings. The number of esters is 7. The first-order chi connectivity index (χ1) is 49.2. The average molecular weight is 1790 g/mol. The van der Waals surface area contributed by atoms with Crippen molar-refractivity contribution in [3.8, 4) is 0 Å². The number of alkyl halides is 4. The molecule has 2 N–H and O–H groups in total. The number of ether oxygens (including phenoxy) is 11. The third-order valence-electron chi connectivity index (χ3n) is 21.1. The SMILES string of the molecule is C.C=C1CCC2(CC1)OCCO2.CC(=O)C=[N+]=[N-].CC(=O)OC(C)=O.CC(=O)OC(C)=O.CCOC(=O)C1CC12CCC(=O)CC2.CCOC(=O)C1CC12CCC(F)(F)CC2.CCOC(=O)C1CC12CCC1(CC2)OCCO1.O=C(O)C1CC12CCC(F)(F)CC2.O=C1CCC2(CC1)OCCO2.[3H][P+](P)=S.[Li+].[OH-].[Rh].[Rh]. The summed E-state index contributed by atoms with van der Waals surface area (Å²) in [5.41, 5.74) is 8.91. The first kappa shape index (κ1) is 106. The third kappa shape index (κ3) is 36.5. The van der Waals surface area contributed by atoms with E-state index in [1.54, 1.807) is 6.92 Å². The fraction of sp³-hybridized carbons (Fsp3) is 0.808. The van der Waals surface area contributed by atoms with Crippen molar-refractivity contribution in [2.75, 3.05) is 59.5 Å². The molecule has 3 saturated heterocycles. The second kappa shape index (κ2) is 50.1. The third-order valence-corrected chi connectivity index (χ3v) is 21.1. The van der Waals surface area contributed by atoms with Crippen molar-refractivity contribution in [3.63, 3.8) is 0 Å². The Morgan fingerprint density at radius 1 is 0.514 bits per heavy atom. The van der Waals surface area contributed by atoms with Crippen molar-refractivity contribution in [2.45, 2.75) is 272 Å². The number of carboxylic acids is 1. The topological polar surface area (TPSA) is 376 Å². The molecule has 26 nitrogen and oxygen atoms in total. The molecule has 109 heavy (non-hydrogen) atoms. The Balaban J connectivity index is 0. The van der Waals surface area contributed by atoms with Crippen LogP contribution in [0.5, 0.6) is 0 Å². The summed E-state index contributed by atoms with van der Waals surface area (Å²) < 4.78 is 114. The van der Waals surface area contributed by atoms with Crippen LogP contribution >= 0.6 is 15.9 Å². The van der Waals surface area contributed by atoms with Gasteiger partial charge < -0.3 is 68.2 Å². The first-order valence-corrected chi connectivity index (χ1v) is 39.5. The summed E-state index contributed by atoms with van der Waals surface area (Å²) in [6, 6.07) is 0. The molecule has 7 spiro atoms. The van der Waals surface area contributed by atoms with Gasteiger partial charge in [-0.2, -0.15) is 4.79 Å². The maximum absolute atomic E-state index is 12.9. The molecule has 0 aromatic heterocycles. The molecular weight excluding hydrogens is 1670 g/mol. The number of rotatable bonds is 8. The minimum absolute atomic E-state index is 0. The van der Waals surface area contributed by atoms with E-state index in [9.17, 15) is 70.3 Å². The quantitative estimate of drug-likeness (QED) is 0.0225. The molecule has 10 saturated carbocycles. The second-order valence-electron chi connectivity index (χ2n) is 28.6. The molecule has 6 atom stereocenters. The molecule has 2 radical (unpaired) electrons. The monoisotopic (exact) mass is 1790 g/mol. The Hall–Kier alpha value is -3.48. The summed E-state index contributed by atoms with van der Waals surface area (Å²) >= 11 is 4.31. The molecular formula is C73H114F4LiN2O24P2Rh2S+. The van der Waals surface area contributed by atoms with Gasteiger partial charge in [-0.25, -0.2) is 17.6 Å². The van der Waals surface area contributed by atoms with Crippen molar-refractivity contribution in [1.82, 2.24) is 0 Å². The van der Waals surface area contributed by atoms with Gasteiger partial charge in [0.15, 0.2) is 36.2 Å². The van der Waals surface area contributed by atoms with Gasteiger partial charge in [0.25, 0.3) is 0 Å². The van der Waals surface area contributed by atoms with Gasteiger partial charge in [0, 0.05) is 163 Å². The van der Waals surface area contributed by atoms with Crippen molar-refractivity contribution in [2.24, 2.45) is 45.3 Å². The van der Waals surface area contributed by atoms with E-state index < -0.39 is 48.7 Å². The van der Waals surface area contributed by atoms with Crippen LogP contribution in [0.15, 0.2) is 12.2 Å². The molecule has 0 aromatic carbocycles. The average Bonchev–Trinajstić information content (AvgIpc) is 1.60. The molecule has 0 aromatic rings. The normalized spacial score (nSPS) is 25.0. The number of carbonyl (C=O) groups excluding carboxylic acids is 10. The molecule has 0 bridgehead atoms. The van der Waals surface area contributed by atoms with E-state index in [0.29, 0.717) is 116 Å². The zero-order chi connectivity index (χ0) is 78.7. The fourth-order valence-electron chi connectivity index (χ4n) is 14.8. The van der Waals surface area contributed by atoms with E-state index >= 15 is 0 Å². The Kier molecular flexibility index (Phi) is 48.5. The maximum atomic E-state index is 12.9. The number of Topliss-reactive ketones (excluding diaryl/α,β-unsaturated/α-hetero) is 3. The summed E-state index contributed by atoms with van der Waals surface area (Å²) in [5.74, 6) is -9.02. The number of hydrogen-bond acceptors (Lipinski definition) is 24. The molecule has 13 aliphatic rings. The molecule has 13 rings (SSSR count). The summed E-state index contributed by atoms with van der Waals surface area (Å²) in [4.78, 5) is 119. The van der Waals surface area contributed by atoms with Crippen LogP contribution < -0.4 is 18.9 Å². The number of aliphatic carboxylic acids is 1. The first-order valence-electron chi connectivity index (χ1n) is 36.4. The van der Waals surface area contributed by atoms with Crippen molar-refractivity contribution in [3.05, 3.63) is 17.7 Å². The summed E-state index contributed by atoms with van der Waals surface area (Å²) in [5, 5.41) is 8.71. The van der Waals surface area contributed by atoms with Crippen molar-refractivity contribution in [1.29, 1.82) is 1.28 Å². The summed E-state index contributed by atoms with van der Waals surface area (Å²) in [6.45, 7) is 20.3. The minimum Gasteiger partial charge on any atom is -0.870 e. The number of allylic oxidation sites excluding steroid dienone is 1. The van der Waals surface area contributed by atoms with Crippen LogP contribution in [0, 0.1) is 45.3 Å². The molecule has 6 unspecified atom stereocenters. The van der Waals surface area contributed by atoms with Crippen molar-refractivity contribution >= 4 is 99.0 Å². The van der Waals surface area contributed by atoms with Crippen LogP contribution in [0.3, 0.4) is 0 Å². The van der Waals surface area contributed by atoms with Gasteiger partial charge in [0.05, 0.1) is 92.1 Å². The number of ketones is 3. The smallest absolute Gasteiger partial charge is 0.870 e. The summed E-state index contributed by atoms with van der Waals surface area (Å²) in [6.07, 6.45) is 19.5. The largest absolute Gasteiger partial charge is 1.00 e. The summed E-state index contributed by atoms with van der Waals surface area (Å²) in [7, 11) is 2.20. The second-order valence-corrected chi connectivity index (χ2v) is 31.3. The van der Waals surface area contributed by atoms with Crippen LogP contribution in [0.1, 0.15) is 243 Å². The van der Waals surface area contributed by atoms with E-state index in [1.165, 1.54) is 40.2 Å².